The van der Waals surface area contributed by atoms with E-state index in [4.69, 9.17) is 14.2 Å². The Hall–Kier alpha value is -2.65. The molecule has 2 aromatic heterocycles. The van der Waals surface area contributed by atoms with Crippen molar-refractivity contribution < 1.29 is 19.0 Å². The van der Waals surface area contributed by atoms with Crippen LogP contribution in [0.1, 0.15) is 34.4 Å². The SMILES string of the molecule is COc1cc2cc(C(=O)Nc3nnc(C4CCCO4)s3)n(C)c2cc1OC. The van der Waals surface area contributed by atoms with E-state index < -0.39 is 0 Å². The average molecular weight is 388 g/mol. The number of hydrogen-bond acceptors (Lipinski definition) is 7. The summed E-state index contributed by atoms with van der Waals surface area (Å²) in [5, 5.41) is 13.2. The van der Waals surface area contributed by atoms with Gasteiger partial charge in [-0.2, -0.15) is 0 Å². The minimum Gasteiger partial charge on any atom is -0.493 e. The number of aromatic nitrogens is 3. The lowest BCUT2D eigenvalue weighted by Crippen LogP contribution is -2.15. The highest BCUT2D eigenvalue weighted by molar-refractivity contribution is 7.15. The van der Waals surface area contributed by atoms with Crippen molar-refractivity contribution >= 4 is 33.3 Å². The molecule has 0 spiro atoms. The molecule has 1 N–H and O–H groups in total. The molecule has 3 aromatic rings. The molecule has 1 amide bonds. The summed E-state index contributed by atoms with van der Waals surface area (Å²) in [6.07, 6.45) is 1.95. The van der Waals surface area contributed by atoms with Gasteiger partial charge in [0, 0.05) is 25.1 Å². The molecule has 4 rings (SSSR count). The van der Waals surface area contributed by atoms with Gasteiger partial charge in [-0.15, -0.1) is 10.2 Å². The van der Waals surface area contributed by atoms with Crippen LogP contribution >= 0.6 is 11.3 Å². The molecule has 3 heterocycles. The lowest BCUT2D eigenvalue weighted by atomic mass is 10.2. The number of hydrogen-bond donors (Lipinski definition) is 1. The number of nitrogens with one attached hydrogen (secondary N) is 1. The van der Waals surface area contributed by atoms with E-state index in [1.165, 1.54) is 11.3 Å². The van der Waals surface area contributed by atoms with Crippen molar-refractivity contribution in [1.29, 1.82) is 0 Å². The third-order valence-corrected chi connectivity index (χ3v) is 5.58. The molecule has 9 heteroatoms. The van der Waals surface area contributed by atoms with E-state index >= 15 is 0 Å². The van der Waals surface area contributed by atoms with Crippen LogP contribution in [0.25, 0.3) is 10.9 Å². The van der Waals surface area contributed by atoms with E-state index in [2.05, 4.69) is 15.5 Å². The van der Waals surface area contributed by atoms with Crippen LogP contribution in [0.2, 0.25) is 0 Å². The second-order valence-electron chi connectivity index (χ2n) is 6.26. The summed E-state index contributed by atoms with van der Waals surface area (Å²) in [5.74, 6) is 0.984. The third-order valence-electron chi connectivity index (χ3n) is 4.65. The Balaban J connectivity index is 1.60. The van der Waals surface area contributed by atoms with Crippen LogP contribution in [-0.2, 0) is 11.8 Å². The summed E-state index contributed by atoms with van der Waals surface area (Å²) in [4.78, 5) is 12.8. The highest BCUT2D eigenvalue weighted by atomic mass is 32.1. The summed E-state index contributed by atoms with van der Waals surface area (Å²) >= 11 is 1.35. The van der Waals surface area contributed by atoms with Gasteiger partial charge >= 0.3 is 0 Å². The van der Waals surface area contributed by atoms with Gasteiger partial charge in [-0.3, -0.25) is 10.1 Å². The molecule has 0 saturated carbocycles. The van der Waals surface area contributed by atoms with Crippen molar-refractivity contribution in [3.8, 4) is 11.5 Å². The number of aryl methyl sites for hydroxylation is 1. The number of ether oxygens (including phenoxy) is 3. The van der Waals surface area contributed by atoms with Crippen molar-refractivity contribution in [1.82, 2.24) is 14.8 Å². The van der Waals surface area contributed by atoms with Crippen molar-refractivity contribution in [2.45, 2.75) is 18.9 Å². The highest BCUT2D eigenvalue weighted by Gasteiger charge is 2.23. The number of carbonyl (C=O) groups excluding carboxylic acids is 1. The highest BCUT2D eigenvalue weighted by Crippen LogP contribution is 2.34. The predicted octanol–water partition coefficient (Wildman–Crippen LogP) is 3.15. The van der Waals surface area contributed by atoms with E-state index in [0.29, 0.717) is 22.3 Å². The van der Waals surface area contributed by atoms with Crippen LogP contribution < -0.4 is 14.8 Å². The smallest absolute Gasteiger partial charge is 0.274 e. The molecule has 1 unspecified atom stereocenters. The number of rotatable bonds is 5. The lowest BCUT2D eigenvalue weighted by Gasteiger charge is -2.08. The van der Waals surface area contributed by atoms with E-state index in [1.54, 1.807) is 14.2 Å². The molecule has 0 aliphatic carbocycles. The number of fused-ring (bicyclic) bond motifs is 1. The monoisotopic (exact) mass is 388 g/mol. The molecule has 27 heavy (non-hydrogen) atoms. The van der Waals surface area contributed by atoms with E-state index in [-0.39, 0.29) is 12.0 Å². The zero-order valence-corrected chi connectivity index (χ0v) is 16.1. The molecule has 1 saturated heterocycles. The van der Waals surface area contributed by atoms with Gasteiger partial charge < -0.3 is 18.8 Å². The van der Waals surface area contributed by atoms with Gasteiger partial charge in [-0.05, 0) is 25.0 Å². The van der Waals surface area contributed by atoms with Crippen LogP contribution in [-0.4, -0.2) is 41.5 Å². The van der Waals surface area contributed by atoms with Crippen LogP contribution in [0.15, 0.2) is 18.2 Å². The maximum Gasteiger partial charge on any atom is 0.274 e. The zero-order chi connectivity index (χ0) is 19.0. The van der Waals surface area contributed by atoms with Gasteiger partial charge in [0.05, 0.1) is 19.7 Å². The molecule has 8 nitrogen and oxygen atoms in total. The molecule has 1 aromatic carbocycles. The van der Waals surface area contributed by atoms with Crippen molar-refractivity contribution in [3.05, 3.63) is 28.9 Å². The van der Waals surface area contributed by atoms with Crippen LogP contribution in [0.3, 0.4) is 0 Å². The summed E-state index contributed by atoms with van der Waals surface area (Å²) in [6, 6.07) is 5.52. The van der Waals surface area contributed by atoms with Crippen LogP contribution in [0, 0.1) is 0 Å². The van der Waals surface area contributed by atoms with Gasteiger partial charge in [-0.1, -0.05) is 11.3 Å². The van der Waals surface area contributed by atoms with Crippen molar-refractivity contribution in [2.24, 2.45) is 7.05 Å². The fourth-order valence-corrected chi connectivity index (χ4v) is 4.05. The second-order valence-corrected chi connectivity index (χ2v) is 7.26. The summed E-state index contributed by atoms with van der Waals surface area (Å²) in [5.41, 5.74) is 1.38. The first-order valence-corrected chi connectivity index (χ1v) is 9.40. The number of methoxy groups -OCH3 is 2. The molecule has 142 valence electrons. The van der Waals surface area contributed by atoms with Gasteiger partial charge in [0.25, 0.3) is 5.91 Å². The lowest BCUT2D eigenvalue weighted by molar-refractivity contribution is 0.101. The van der Waals surface area contributed by atoms with E-state index in [9.17, 15) is 4.79 Å². The Morgan fingerprint density at radius 3 is 2.74 bits per heavy atom. The molecule has 1 fully saturated rings. The van der Waals surface area contributed by atoms with E-state index in [0.717, 1.165) is 35.4 Å². The van der Waals surface area contributed by atoms with E-state index in [1.807, 2.05) is 29.8 Å². The molecule has 1 atom stereocenters. The van der Waals surface area contributed by atoms with Crippen LogP contribution in [0.5, 0.6) is 11.5 Å². The average Bonchev–Trinajstić information content (AvgIpc) is 3.41. The quantitative estimate of drug-likeness (QED) is 0.722. The maximum absolute atomic E-state index is 12.8. The first-order chi connectivity index (χ1) is 13.1. The molecular formula is C18H20N4O4S. The molecular weight excluding hydrogens is 368 g/mol. The van der Waals surface area contributed by atoms with Crippen molar-refractivity contribution in [2.75, 3.05) is 26.1 Å². The number of amides is 1. The fourth-order valence-electron chi connectivity index (χ4n) is 3.23. The number of nitrogens with zero attached hydrogens (tertiary/aromatic N) is 3. The first-order valence-electron chi connectivity index (χ1n) is 8.58. The van der Waals surface area contributed by atoms with Gasteiger partial charge in [-0.25, -0.2) is 0 Å². The maximum atomic E-state index is 12.8. The Morgan fingerprint density at radius 2 is 2.04 bits per heavy atom. The Morgan fingerprint density at radius 1 is 1.26 bits per heavy atom. The summed E-state index contributed by atoms with van der Waals surface area (Å²) in [7, 11) is 5.00. The Kier molecular flexibility index (Phi) is 4.71. The largest absolute Gasteiger partial charge is 0.493 e. The number of anilines is 1. The standard InChI is InChI=1S/C18H20N4O4S/c1-22-11-9-15(25-3)14(24-2)8-10(11)7-12(22)16(23)19-18-21-20-17(27-18)13-5-4-6-26-13/h7-9,13H,4-6H2,1-3H3,(H,19,21,23). The third kappa shape index (κ3) is 3.24. The minimum absolute atomic E-state index is 0.00861. The molecule has 0 bridgehead atoms. The predicted molar refractivity (Wildman–Crippen MR) is 102 cm³/mol. The zero-order valence-electron chi connectivity index (χ0n) is 15.3. The van der Waals surface area contributed by atoms with Gasteiger partial charge in [0.15, 0.2) is 11.5 Å². The van der Waals surface area contributed by atoms with Gasteiger partial charge in [0.2, 0.25) is 5.13 Å². The number of benzene rings is 1. The normalized spacial score (nSPS) is 16.6. The summed E-state index contributed by atoms with van der Waals surface area (Å²) in [6.45, 7) is 0.745. The molecule has 1 aliphatic heterocycles. The second kappa shape index (κ2) is 7.16. The van der Waals surface area contributed by atoms with Gasteiger partial charge in [0.1, 0.15) is 16.8 Å². The Labute approximate surface area is 160 Å². The minimum atomic E-state index is -0.248. The number of carbonyl (C=O) groups is 1. The fraction of sp³-hybridized carbons (Fsp3) is 0.389. The topological polar surface area (TPSA) is 87.5 Å². The van der Waals surface area contributed by atoms with Crippen molar-refractivity contribution in [3.63, 3.8) is 0 Å². The Bertz CT molecular complexity index is 991. The van der Waals surface area contributed by atoms with Crippen LogP contribution in [0.4, 0.5) is 5.13 Å². The summed E-state index contributed by atoms with van der Waals surface area (Å²) < 4.78 is 18.1. The molecule has 1 aliphatic rings. The molecule has 0 radical (unpaired) electrons. The first kappa shape index (κ1) is 17.7.